The van der Waals surface area contributed by atoms with Crippen LogP contribution in [0.3, 0.4) is 0 Å². The first-order valence-corrected chi connectivity index (χ1v) is 10.3. The fourth-order valence-corrected chi connectivity index (χ4v) is 3.43. The molecule has 1 N–H and O–H groups in total. The second-order valence-electron chi connectivity index (χ2n) is 7.69. The molecule has 0 radical (unpaired) electrons. The van der Waals surface area contributed by atoms with Crippen LogP contribution in [0.4, 0.5) is 5.69 Å². The molecule has 1 unspecified atom stereocenters. The molecule has 1 aromatic carbocycles. The van der Waals surface area contributed by atoms with Gasteiger partial charge in [0.1, 0.15) is 0 Å². The molecule has 2 aromatic rings. The molecular formula is C22H30N4O3. The van der Waals surface area contributed by atoms with E-state index in [9.17, 15) is 9.59 Å². The van der Waals surface area contributed by atoms with Gasteiger partial charge >= 0.3 is 0 Å². The highest BCUT2D eigenvalue weighted by Crippen LogP contribution is 2.22. The maximum absolute atomic E-state index is 12.4. The fraction of sp³-hybridized carbons (Fsp3) is 0.500. The number of nitrogens with zero attached hydrogens (tertiary/aromatic N) is 3. The van der Waals surface area contributed by atoms with E-state index < -0.39 is 0 Å². The summed E-state index contributed by atoms with van der Waals surface area (Å²) in [7, 11) is 0. The molecule has 0 saturated carbocycles. The molecule has 1 aliphatic rings. The first kappa shape index (κ1) is 21.0. The van der Waals surface area contributed by atoms with E-state index in [2.05, 4.69) is 15.3 Å². The SMILES string of the molecule is CC(C)OCCCNC(=O)C1CCN(c2cnn(Cc3ccccc3)c(=O)c2)C1. The molecule has 7 heteroatoms. The quantitative estimate of drug-likeness (QED) is 0.654. The van der Waals surface area contributed by atoms with Gasteiger partial charge < -0.3 is 15.0 Å². The minimum absolute atomic E-state index is 0.0623. The number of anilines is 1. The number of carbonyl (C=O) groups excluding carboxylic acids is 1. The summed E-state index contributed by atoms with van der Waals surface area (Å²) in [5, 5.41) is 7.31. The number of rotatable bonds is 9. The summed E-state index contributed by atoms with van der Waals surface area (Å²) in [5.41, 5.74) is 1.68. The molecule has 0 aliphatic carbocycles. The van der Waals surface area contributed by atoms with Gasteiger partial charge in [-0.15, -0.1) is 0 Å². The van der Waals surface area contributed by atoms with Crippen molar-refractivity contribution >= 4 is 11.6 Å². The number of carbonyl (C=O) groups is 1. The average molecular weight is 399 g/mol. The number of ether oxygens (including phenoxy) is 1. The lowest BCUT2D eigenvalue weighted by Gasteiger charge is -2.18. The summed E-state index contributed by atoms with van der Waals surface area (Å²) in [6.07, 6.45) is 3.52. The lowest BCUT2D eigenvalue weighted by molar-refractivity contribution is -0.124. The summed E-state index contributed by atoms with van der Waals surface area (Å²) in [5.74, 6) is 0.00944. The van der Waals surface area contributed by atoms with Crippen LogP contribution in [0.1, 0.15) is 32.3 Å². The Balaban J connectivity index is 1.50. The van der Waals surface area contributed by atoms with Gasteiger partial charge in [-0.05, 0) is 32.3 Å². The molecule has 2 heterocycles. The van der Waals surface area contributed by atoms with Crippen LogP contribution in [-0.4, -0.2) is 48.0 Å². The van der Waals surface area contributed by atoms with Crippen LogP contribution < -0.4 is 15.8 Å². The first-order chi connectivity index (χ1) is 14.0. The zero-order valence-electron chi connectivity index (χ0n) is 17.2. The van der Waals surface area contributed by atoms with Crippen molar-refractivity contribution in [2.45, 2.75) is 39.3 Å². The third-order valence-electron chi connectivity index (χ3n) is 5.03. The molecule has 1 aromatic heterocycles. The van der Waals surface area contributed by atoms with Crippen molar-refractivity contribution < 1.29 is 9.53 Å². The largest absolute Gasteiger partial charge is 0.379 e. The zero-order valence-corrected chi connectivity index (χ0v) is 17.2. The standard InChI is InChI=1S/C22H30N4O3/c1-17(2)29-12-6-10-23-22(28)19-9-11-25(16-19)20-13-21(27)26(24-14-20)15-18-7-4-3-5-8-18/h3-5,7-8,13-14,17,19H,6,9-12,15-16H2,1-2H3,(H,23,28). The van der Waals surface area contributed by atoms with Crippen LogP contribution in [0.15, 0.2) is 47.4 Å². The molecule has 7 nitrogen and oxygen atoms in total. The number of aromatic nitrogens is 2. The van der Waals surface area contributed by atoms with Crippen LogP contribution in [0, 0.1) is 5.92 Å². The number of hydrogen-bond acceptors (Lipinski definition) is 5. The molecule has 156 valence electrons. The topological polar surface area (TPSA) is 76.5 Å². The Labute approximate surface area is 171 Å². The minimum atomic E-state index is -0.135. The van der Waals surface area contributed by atoms with Gasteiger partial charge in [0.2, 0.25) is 5.91 Å². The van der Waals surface area contributed by atoms with Crippen molar-refractivity contribution in [3.8, 4) is 0 Å². The predicted molar refractivity (Wildman–Crippen MR) is 113 cm³/mol. The molecular weight excluding hydrogens is 368 g/mol. The molecule has 0 spiro atoms. The number of hydrogen-bond donors (Lipinski definition) is 1. The van der Waals surface area contributed by atoms with E-state index in [1.54, 1.807) is 12.3 Å². The van der Waals surface area contributed by atoms with Crippen molar-refractivity contribution in [1.29, 1.82) is 0 Å². The number of amides is 1. The lowest BCUT2D eigenvalue weighted by Crippen LogP contribution is -2.34. The van der Waals surface area contributed by atoms with Crippen molar-refractivity contribution in [3.05, 3.63) is 58.5 Å². The minimum Gasteiger partial charge on any atom is -0.379 e. The third-order valence-corrected chi connectivity index (χ3v) is 5.03. The van der Waals surface area contributed by atoms with Gasteiger partial charge in [-0.2, -0.15) is 5.10 Å². The van der Waals surface area contributed by atoms with Crippen molar-refractivity contribution in [2.75, 3.05) is 31.1 Å². The Kier molecular flexibility index (Phi) is 7.41. The molecule has 1 fully saturated rings. The van der Waals surface area contributed by atoms with E-state index in [0.717, 1.165) is 30.6 Å². The van der Waals surface area contributed by atoms with Crippen LogP contribution in [0.5, 0.6) is 0 Å². The molecule has 1 aliphatic heterocycles. The molecule has 1 amide bonds. The highest BCUT2D eigenvalue weighted by Gasteiger charge is 2.28. The molecule has 3 rings (SSSR count). The Morgan fingerprint density at radius 2 is 2.10 bits per heavy atom. The summed E-state index contributed by atoms with van der Waals surface area (Å²) >= 11 is 0. The van der Waals surface area contributed by atoms with Gasteiger partial charge in [-0.1, -0.05) is 30.3 Å². The second kappa shape index (κ2) is 10.2. The summed E-state index contributed by atoms with van der Waals surface area (Å²) < 4.78 is 6.94. The van der Waals surface area contributed by atoms with E-state index in [-0.39, 0.29) is 23.5 Å². The molecule has 1 atom stereocenters. The van der Waals surface area contributed by atoms with Crippen molar-refractivity contribution in [1.82, 2.24) is 15.1 Å². The summed E-state index contributed by atoms with van der Waals surface area (Å²) in [6, 6.07) is 11.4. The van der Waals surface area contributed by atoms with Gasteiger partial charge in [0, 0.05) is 32.3 Å². The molecule has 1 saturated heterocycles. The Hall–Kier alpha value is -2.67. The predicted octanol–water partition coefficient (Wildman–Crippen LogP) is 2.05. The van der Waals surface area contributed by atoms with Crippen molar-refractivity contribution in [3.63, 3.8) is 0 Å². The highest BCUT2D eigenvalue weighted by molar-refractivity contribution is 5.80. The normalized spacial score (nSPS) is 16.4. The van der Waals surface area contributed by atoms with E-state index in [1.165, 1.54) is 4.68 Å². The van der Waals surface area contributed by atoms with Crippen LogP contribution >= 0.6 is 0 Å². The van der Waals surface area contributed by atoms with E-state index in [1.807, 2.05) is 44.2 Å². The third kappa shape index (κ3) is 6.15. The molecule has 0 bridgehead atoms. The van der Waals surface area contributed by atoms with Gasteiger partial charge in [-0.3, -0.25) is 9.59 Å². The van der Waals surface area contributed by atoms with E-state index in [4.69, 9.17) is 4.74 Å². The first-order valence-electron chi connectivity index (χ1n) is 10.3. The zero-order chi connectivity index (χ0) is 20.6. The number of nitrogens with one attached hydrogen (secondary N) is 1. The van der Waals surface area contributed by atoms with Crippen LogP contribution in [-0.2, 0) is 16.1 Å². The number of benzene rings is 1. The fourth-order valence-electron chi connectivity index (χ4n) is 3.43. The van der Waals surface area contributed by atoms with Crippen LogP contribution in [0.2, 0.25) is 0 Å². The van der Waals surface area contributed by atoms with Gasteiger partial charge in [0.25, 0.3) is 5.56 Å². The van der Waals surface area contributed by atoms with Gasteiger partial charge in [0.15, 0.2) is 0 Å². The summed E-state index contributed by atoms with van der Waals surface area (Å²) in [6.45, 7) is 7.09. The second-order valence-corrected chi connectivity index (χ2v) is 7.69. The smallest absolute Gasteiger partial charge is 0.269 e. The average Bonchev–Trinajstić information content (AvgIpc) is 3.20. The highest BCUT2D eigenvalue weighted by atomic mass is 16.5. The maximum atomic E-state index is 12.4. The summed E-state index contributed by atoms with van der Waals surface area (Å²) in [4.78, 5) is 26.9. The van der Waals surface area contributed by atoms with E-state index in [0.29, 0.717) is 26.2 Å². The Bertz CT molecular complexity index is 851. The van der Waals surface area contributed by atoms with Gasteiger partial charge in [-0.25, -0.2) is 4.68 Å². The van der Waals surface area contributed by atoms with E-state index >= 15 is 0 Å². The maximum Gasteiger partial charge on any atom is 0.269 e. The van der Waals surface area contributed by atoms with Crippen molar-refractivity contribution in [2.24, 2.45) is 5.92 Å². The van der Waals surface area contributed by atoms with Gasteiger partial charge in [0.05, 0.1) is 30.5 Å². The lowest BCUT2D eigenvalue weighted by atomic mass is 10.1. The molecule has 29 heavy (non-hydrogen) atoms. The Morgan fingerprint density at radius 3 is 2.83 bits per heavy atom. The van der Waals surface area contributed by atoms with Crippen LogP contribution in [0.25, 0.3) is 0 Å². The monoisotopic (exact) mass is 398 g/mol. The Morgan fingerprint density at radius 1 is 1.31 bits per heavy atom.